The Labute approximate surface area is 204 Å². The van der Waals surface area contributed by atoms with E-state index in [0.717, 1.165) is 38.5 Å². The first-order chi connectivity index (χ1) is 15.8. The van der Waals surface area contributed by atoms with Crippen molar-refractivity contribution in [1.82, 2.24) is 0 Å². The molecule has 0 amide bonds. The predicted molar refractivity (Wildman–Crippen MR) is 129 cm³/mol. The number of aliphatic hydroxyl groups is 1. The van der Waals surface area contributed by atoms with Crippen molar-refractivity contribution in [3.8, 4) is 0 Å². The highest BCUT2D eigenvalue weighted by Crippen LogP contribution is 2.77. The van der Waals surface area contributed by atoms with Gasteiger partial charge in [0, 0.05) is 17.8 Å². The second kappa shape index (κ2) is 7.40. The van der Waals surface area contributed by atoms with Gasteiger partial charge in [0.25, 0.3) is 0 Å². The summed E-state index contributed by atoms with van der Waals surface area (Å²) >= 11 is 0. The number of carbonyl (C=O) groups is 3. The molecule has 2 N–H and O–H groups in total. The van der Waals surface area contributed by atoms with Gasteiger partial charge in [0.2, 0.25) is 0 Å². The molecule has 2 unspecified atom stereocenters. The fourth-order valence-electron chi connectivity index (χ4n) is 11.2. The van der Waals surface area contributed by atoms with Crippen LogP contribution in [-0.2, 0) is 14.4 Å². The molecular weight excluding hydrogens is 428 g/mol. The summed E-state index contributed by atoms with van der Waals surface area (Å²) in [5.41, 5.74) is -0.935. The number of hydrogen-bond acceptors (Lipinski definition) is 4. The topological polar surface area (TPSA) is 91.7 Å². The van der Waals surface area contributed by atoms with E-state index in [4.69, 9.17) is 0 Å². The van der Waals surface area contributed by atoms with E-state index in [1.165, 1.54) is 0 Å². The molecule has 9 atom stereocenters. The van der Waals surface area contributed by atoms with Crippen LogP contribution in [0.1, 0.15) is 98.8 Å². The first-order valence-electron chi connectivity index (χ1n) is 13.7. The van der Waals surface area contributed by atoms with Crippen molar-refractivity contribution in [1.29, 1.82) is 0 Å². The Morgan fingerprint density at radius 1 is 0.853 bits per heavy atom. The summed E-state index contributed by atoms with van der Waals surface area (Å²) in [6.45, 7) is 11.2. The van der Waals surface area contributed by atoms with Gasteiger partial charge in [-0.1, -0.05) is 34.6 Å². The number of carboxylic acids is 1. The lowest BCUT2D eigenvalue weighted by atomic mass is 9.32. The Morgan fingerprint density at radius 2 is 1.56 bits per heavy atom. The minimum absolute atomic E-state index is 0.0303. The molecule has 5 nitrogen and oxygen atoms in total. The van der Waals surface area contributed by atoms with E-state index in [2.05, 4.69) is 34.6 Å². The van der Waals surface area contributed by atoms with Gasteiger partial charge in [0.05, 0.1) is 5.41 Å². The van der Waals surface area contributed by atoms with Gasteiger partial charge in [-0.3, -0.25) is 14.4 Å². The zero-order valence-corrected chi connectivity index (χ0v) is 21.8. The second-order valence-corrected chi connectivity index (χ2v) is 14.1. The number of fused-ring (bicyclic) bond motifs is 7. The number of carbonyl (C=O) groups excluding carboxylic acids is 2. The van der Waals surface area contributed by atoms with Gasteiger partial charge in [0.15, 0.2) is 5.78 Å². The van der Waals surface area contributed by atoms with Crippen LogP contribution in [0.2, 0.25) is 0 Å². The summed E-state index contributed by atoms with van der Waals surface area (Å²) in [5, 5.41) is 20.1. The zero-order valence-electron chi connectivity index (χ0n) is 21.8. The molecule has 5 rings (SSSR count). The first-order valence-corrected chi connectivity index (χ1v) is 13.7. The standard InChI is InChI=1S/C29H44O5/c1-25(2)20-9-12-28(5)21(26(20,3)11-10-22(25)32)7-6-18-23-17(19(31)16-30)8-13-29(23,24(33)34)15-14-27(18,28)4/h17-18,20-21,23,30H,6-16H2,1-5H3,(H,33,34)/t17-,18+,20?,21+,23?,26-,27+,28+,29-/m0/s1. The third-order valence-electron chi connectivity index (χ3n) is 13.2. The van der Waals surface area contributed by atoms with Crippen molar-refractivity contribution in [2.75, 3.05) is 6.61 Å². The molecule has 0 radical (unpaired) electrons. The molecule has 5 heteroatoms. The smallest absolute Gasteiger partial charge is 0.309 e. The van der Waals surface area contributed by atoms with E-state index < -0.39 is 18.0 Å². The summed E-state index contributed by atoms with van der Waals surface area (Å²) in [5.74, 6) is 0.129. The maximum absolute atomic E-state index is 12.9. The summed E-state index contributed by atoms with van der Waals surface area (Å²) < 4.78 is 0. The van der Waals surface area contributed by atoms with Gasteiger partial charge in [-0.15, -0.1) is 0 Å². The van der Waals surface area contributed by atoms with Crippen LogP contribution in [0.25, 0.3) is 0 Å². The van der Waals surface area contributed by atoms with Crippen LogP contribution in [0.3, 0.4) is 0 Å². The third kappa shape index (κ3) is 2.74. The SMILES string of the molecule is CC1(C)C(=O)CC[C@@]2(C)C1CC[C@]1(C)[C@@H]2CC[C@@H]2C3[C@H](C(=O)CO)CC[C@]3(C(=O)O)CC[C@]21C. The van der Waals surface area contributed by atoms with E-state index in [0.29, 0.717) is 43.3 Å². The minimum Gasteiger partial charge on any atom is -0.481 e. The van der Waals surface area contributed by atoms with Crippen molar-refractivity contribution < 1.29 is 24.6 Å². The molecule has 34 heavy (non-hydrogen) atoms. The van der Waals surface area contributed by atoms with Gasteiger partial charge in [-0.2, -0.15) is 0 Å². The molecule has 0 heterocycles. The molecule has 5 fully saturated rings. The second-order valence-electron chi connectivity index (χ2n) is 14.1. The average molecular weight is 473 g/mol. The van der Waals surface area contributed by atoms with Gasteiger partial charge in [-0.05, 0) is 97.7 Å². The normalized spacial score (nSPS) is 51.6. The molecule has 5 aliphatic carbocycles. The van der Waals surface area contributed by atoms with Gasteiger partial charge >= 0.3 is 5.97 Å². The third-order valence-corrected chi connectivity index (χ3v) is 13.2. The maximum atomic E-state index is 12.9. The number of ketones is 2. The van der Waals surface area contributed by atoms with Gasteiger partial charge in [-0.25, -0.2) is 0 Å². The number of hydrogen-bond donors (Lipinski definition) is 2. The fraction of sp³-hybridized carbons (Fsp3) is 0.897. The average Bonchev–Trinajstić information content (AvgIpc) is 3.18. The van der Waals surface area contributed by atoms with Crippen LogP contribution in [0.5, 0.6) is 0 Å². The Balaban J connectivity index is 1.57. The van der Waals surface area contributed by atoms with Crippen LogP contribution in [-0.4, -0.2) is 34.4 Å². The van der Waals surface area contributed by atoms with Crippen LogP contribution in [0.4, 0.5) is 0 Å². The van der Waals surface area contributed by atoms with Gasteiger partial charge < -0.3 is 10.2 Å². The Hall–Kier alpha value is -1.23. The summed E-state index contributed by atoms with van der Waals surface area (Å²) in [6.07, 6.45) is 8.48. The largest absolute Gasteiger partial charge is 0.481 e. The van der Waals surface area contributed by atoms with E-state index in [9.17, 15) is 24.6 Å². The molecule has 0 aliphatic heterocycles. The monoisotopic (exact) mass is 472 g/mol. The Morgan fingerprint density at radius 3 is 2.21 bits per heavy atom. The van der Waals surface area contributed by atoms with E-state index >= 15 is 0 Å². The molecule has 0 aromatic rings. The van der Waals surface area contributed by atoms with E-state index in [-0.39, 0.29) is 45.2 Å². The van der Waals surface area contributed by atoms with E-state index in [1.807, 2.05) is 0 Å². The highest BCUT2D eigenvalue weighted by atomic mass is 16.4. The maximum Gasteiger partial charge on any atom is 0.309 e. The van der Waals surface area contributed by atoms with Crippen molar-refractivity contribution in [2.45, 2.75) is 98.8 Å². The van der Waals surface area contributed by atoms with Crippen LogP contribution < -0.4 is 0 Å². The highest BCUT2D eigenvalue weighted by Gasteiger charge is 2.72. The Kier molecular flexibility index (Phi) is 5.32. The summed E-state index contributed by atoms with van der Waals surface area (Å²) in [7, 11) is 0. The molecule has 190 valence electrons. The quantitative estimate of drug-likeness (QED) is 0.583. The molecule has 5 saturated carbocycles. The van der Waals surface area contributed by atoms with Crippen LogP contribution in [0, 0.1) is 56.7 Å². The van der Waals surface area contributed by atoms with Crippen molar-refractivity contribution in [2.24, 2.45) is 56.7 Å². The molecule has 0 aromatic heterocycles. The zero-order chi connectivity index (χ0) is 24.9. The molecular formula is C29H44O5. The van der Waals surface area contributed by atoms with Crippen LogP contribution in [0.15, 0.2) is 0 Å². The number of Topliss-reactive ketones (excluding diaryl/α,β-unsaturated/α-hetero) is 2. The molecule has 0 spiro atoms. The predicted octanol–water partition coefficient (Wildman–Crippen LogP) is 5.28. The van der Waals surface area contributed by atoms with Crippen molar-refractivity contribution in [3.05, 3.63) is 0 Å². The number of rotatable bonds is 3. The molecule has 0 bridgehead atoms. The number of aliphatic carboxylic acids is 1. The molecule has 0 aromatic carbocycles. The lowest BCUT2D eigenvalue weighted by molar-refractivity contribution is -0.235. The minimum atomic E-state index is -0.816. The van der Waals surface area contributed by atoms with Crippen molar-refractivity contribution >= 4 is 17.5 Å². The Bertz CT molecular complexity index is 923. The van der Waals surface area contributed by atoms with E-state index in [1.54, 1.807) is 0 Å². The van der Waals surface area contributed by atoms with Crippen LogP contribution >= 0.6 is 0 Å². The van der Waals surface area contributed by atoms with Gasteiger partial charge in [0.1, 0.15) is 12.4 Å². The summed E-state index contributed by atoms with van der Waals surface area (Å²) in [4.78, 5) is 38.4. The highest BCUT2D eigenvalue weighted by molar-refractivity contribution is 5.86. The summed E-state index contributed by atoms with van der Waals surface area (Å²) in [6, 6.07) is 0. The van der Waals surface area contributed by atoms with Crippen molar-refractivity contribution in [3.63, 3.8) is 0 Å². The lowest BCUT2D eigenvalue weighted by Crippen LogP contribution is -2.66. The molecule has 0 saturated heterocycles. The number of aliphatic hydroxyl groups excluding tert-OH is 1. The first kappa shape index (κ1) is 24.5. The lowest BCUT2D eigenvalue weighted by Gasteiger charge is -2.72. The molecule has 5 aliphatic rings. The number of carboxylic acid groups (broad SMARTS) is 1. The fourth-order valence-corrected chi connectivity index (χ4v) is 11.2.